The van der Waals surface area contributed by atoms with E-state index in [1.165, 1.54) is 6.07 Å². The van der Waals surface area contributed by atoms with E-state index in [1.807, 2.05) is 36.4 Å². The number of carbonyl (C=O) groups is 3. The first-order valence-electron chi connectivity index (χ1n) is 11.8. The van der Waals surface area contributed by atoms with Gasteiger partial charge in [0.25, 0.3) is 5.91 Å². The molecule has 0 fully saturated rings. The smallest absolute Gasteiger partial charge is 0.326 e. The first kappa shape index (κ1) is 24.6. The van der Waals surface area contributed by atoms with Crippen molar-refractivity contribution < 1.29 is 33.7 Å². The van der Waals surface area contributed by atoms with Crippen LogP contribution in [0.15, 0.2) is 78.7 Å². The van der Waals surface area contributed by atoms with Gasteiger partial charge in [-0.25, -0.2) is 4.79 Å². The molecule has 0 saturated carbocycles. The number of methoxy groups -OCH3 is 1. The van der Waals surface area contributed by atoms with Crippen LogP contribution < -0.4 is 19.5 Å². The molecule has 0 saturated heterocycles. The zero-order chi connectivity index (χ0) is 26.6. The van der Waals surface area contributed by atoms with Crippen LogP contribution >= 0.6 is 0 Å². The van der Waals surface area contributed by atoms with E-state index in [0.717, 1.165) is 22.0 Å². The molecule has 0 spiro atoms. The molecule has 1 aliphatic heterocycles. The molecule has 1 atom stereocenters. The van der Waals surface area contributed by atoms with Crippen LogP contribution in [0.1, 0.15) is 21.5 Å². The molecule has 0 aliphatic carbocycles. The third-order valence-electron chi connectivity index (χ3n) is 6.14. The second-order valence-electron chi connectivity index (χ2n) is 8.68. The number of H-pyrrole nitrogens is 1. The maximum atomic E-state index is 12.7. The van der Waals surface area contributed by atoms with E-state index in [2.05, 4.69) is 10.3 Å². The molecule has 0 radical (unpaired) electrons. The normalized spacial score (nSPS) is 14.1. The van der Waals surface area contributed by atoms with Crippen LogP contribution in [0, 0.1) is 0 Å². The first-order chi connectivity index (χ1) is 18.4. The van der Waals surface area contributed by atoms with Crippen molar-refractivity contribution in [2.24, 2.45) is 0 Å². The number of nitrogens with one attached hydrogen (secondary N) is 2. The molecule has 38 heavy (non-hydrogen) atoms. The highest BCUT2D eigenvalue weighted by molar-refractivity contribution is 6.14. The lowest BCUT2D eigenvalue weighted by atomic mass is 10.1. The van der Waals surface area contributed by atoms with Gasteiger partial charge in [-0.15, -0.1) is 0 Å². The van der Waals surface area contributed by atoms with E-state index in [-0.39, 0.29) is 18.0 Å². The Morgan fingerprint density at radius 3 is 2.74 bits per heavy atom. The number of Topliss-reactive ketones (excluding diaryl/α,β-unsaturated/α-hetero) is 1. The molecule has 3 aromatic carbocycles. The van der Waals surface area contributed by atoms with Crippen molar-refractivity contribution in [1.29, 1.82) is 0 Å². The summed E-state index contributed by atoms with van der Waals surface area (Å²) in [4.78, 5) is 40.2. The molecule has 4 aromatic rings. The zero-order valence-corrected chi connectivity index (χ0v) is 20.4. The van der Waals surface area contributed by atoms with Crippen molar-refractivity contribution in [3.8, 4) is 17.2 Å². The zero-order valence-electron chi connectivity index (χ0n) is 20.4. The minimum atomic E-state index is -1.15. The lowest BCUT2D eigenvalue weighted by molar-refractivity contribution is -0.142. The third-order valence-corrected chi connectivity index (χ3v) is 6.14. The molecule has 9 heteroatoms. The third kappa shape index (κ3) is 5.22. The summed E-state index contributed by atoms with van der Waals surface area (Å²) in [7, 11) is 1.56. The Kier molecular flexibility index (Phi) is 6.82. The predicted molar refractivity (Wildman–Crippen MR) is 139 cm³/mol. The van der Waals surface area contributed by atoms with E-state index in [4.69, 9.17) is 14.2 Å². The quantitative estimate of drug-likeness (QED) is 0.290. The maximum absolute atomic E-state index is 12.7. The Bertz CT molecular complexity index is 1570. The van der Waals surface area contributed by atoms with Gasteiger partial charge in [0.2, 0.25) is 5.78 Å². The number of hydrogen-bond acceptors (Lipinski definition) is 6. The van der Waals surface area contributed by atoms with Crippen LogP contribution in [0.3, 0.4) is 0 Å². The largest absolute Gasteiger partial charge is 0.497 e. The Morgan fingerprint density at radius 1 is 1.08 bits per heavy atom. The molecule has 1 amide bonds. The number of carboxylic acids is 1. The topological polar surface area (TPSA) is 127 Å². The second-order valence-corrected chi connectivity index (χ2v) is 8.68. The second kappa shape index (κ2) is 10.5. The Morgan fingerprint density at radius 2 is 1.92 bits per heavy atom. The molecule has 2 heterocycles. The Labute approximate surface area is 217 Å². The summed E-state index contributed by atoms with van der Waals surface area (Å²) < 4.78 is 16.5. The van der Waals surface area contributed by atoms with Gasteiger partial charge in [-0.3, -0.25) is 9.59 Å². The number of aromatic nitrogens is 1. The Hall–Kier alpha value is -5.05. The fraction of sp³-hybridized carbons (Fsp3) is 0.138. The minimum absolute atomic E-state index is 0.113. The van der Waals surface area contributed by atoms with Crippen LogP contribution in [0.2, 0.25) is 0 Å². The van der Waals surface area contributed by atoms with E-state index in [1.54, 1.807) is 43.6 Å². The minimum Gasteiger partial charge on any atom is -0.497 e. The molecule has 1 aliphatic rings. The summed E-state index contributed by atoms with van der Waals surface area (Å²) in [6, 6.07) is 18.3. The van der Waals surface area contributed by atoms with Crippen LogP contribution in [0.4, 0.5) is 0 Å². The summed E-state index contributed by atoms with van der Waals surface area (Å²) in [5, 5.41) is 13.1. The van der Waals surface area contributed by atoms with E-state index < -0.39 is 24.5 Å². The average Bonchev–Trinajstić information content (AvgIpc) is 3.47. The fourth-order valence-corrected chi connectivity index (χ4v) is 4.25. The fourth-order valence-electron chi connectivity index (χ4n) is 4.25. The molecule has 0 unspecified atom stereocenters. The van der Waals surface area contributed by atoms with Gasteiger partial charge >= 0.3 is 5.97 Å². The number of para-hydroxylation sites is 1. The number of ketones is 1. The van der Waals surface area contributed by atoms with Gasteiger partial charge in [0.1, 0.15) is 23.3 Å². The number of aliphatic carboxylic acids is 1. The number of rotatable bonds is 9. The maximum Gasteiger partial charge on any atom is 0.326 e. The summed E-state index contributed by atoms with van der Waals surface area (Å²) in [5.74, 6) is -0.583. The molecule has 3 N–H and O–H groups in total. The van der Waals surface area contributed by atoms with Crippen molar-refractivity contribution >= 4 is 34.6 Å². The van der Waals surface area contributed by atoms with E-state index in [0.29, 0.717) is 22.8 Å². The number of carboxylic acid groups (broad SMARTS) is 1. The summed E-state index contributed by atoms with van der Waals surface area (Å²) in [5.41, 5.74) is 2.79. The van der Waals surface area contributed by atoms with Gasteiger partial charge < -0.3 is 29.6 Å². The van der Waals surface area contributed by atoms with Gasteiger partial charge in [0, 0.05) is 29.6 Å². The predicted octanol–water partition coefficient (Wildman–Crippen LogP) is 3.98. The van der Waals surface area contributed by atoms with Gasteiger partial charge in [0.05, 0.1) is 12.7 Å². The standard InChI is InChI=1S/C29H24N2O7/c1-36-19-6-4-5-17(11-19)12-26-28(33)22-10-9-20(14-25(22)38-26)37-16-27(32)31-24(29(34)35)13-18-15-30-23-8-3-2-7-21(18)23/h2-12,14-15,24,30H,13,16H2,1H3,(H,31,32)(H,34,35)/t24-/m0/s1. The monoisotopic (exact) mass is 512 g/mol. The van der Waals surface area contributed by atoms with E-state index in [9.17, 15) is 19.5 Å². The molecule has 9 nitrogen and oxygen atoms in total. The van der Waals surface area contributed by atoms with Gasteiger partial charge in [0.15, 0.2) is 12.4 Å². The summed E-state index contributed by atoms with van der Waals surface area (Å²) >= 11 is 0. The summed E-state index contributed by atoms with van der Waals surface area (Å²) in [6.07, 6.45) is 3.48. The molecular weight excluding hydrogens is 488 g/mol. The number of allylic oxidation sites excluding steroid dienone is 1. The van der Waals surface area contributed by atoms with Gasteiger partial charge in [-0.2, -0.15) is 0 Å². The molecule has 1 aromatic heterocycles. The molecular formula is C29H24N2O7. The van der Waals surface area contributed by atoms with Crippen molar-refractivity contribution in [3.05, 3.63) is 95.4 Å². The number of hydrogen-bond donors (Lipinski definition) is 3. The van der Waals surface area contributed by atoms with Crippen LogP contribution in [-0.4, -0.2) is 47.5 Å². The number of aromatic amines is 1. The first-order valence-corrected chi connectivity index (χ1v) is 11.8. The van der Waals surface area contributed by atoms with Crippen LogP contribution in [0.25, 0.3) is 17.0 Å². The van der Waals surface area contributed by atoms with Gasteiger partial charge in [-0.1, -0.05) is 30.3 Å². The lowest BCUT2D eigenvalue weighted by Crippen LogP contribution is -2.44. The number of benzene rings is 3. The highest BCUT2D eigenvalue weighted by atomic mass is 16.5. The average molecular weight is 513 g/mol. The summed E-state index contributed by atoms with van der Waals surface area (Å²) in [6.45, 7) is -0.406. The molecule has 5 rings (SSSR count). The van der Waals surface area contributed by atoms with Crippen LogP contribution in [-0.2, 0) is 16.0 Å². The highest BCUT2D eigenvalue weighted by Gasteiger charge is 2.28. The Balaban J connectivity index is 1.21. The number of fused-ring (bicyclic) bond motifs is 2. The van der Waals surface area contributed by atoms with Crippen molar-refractivity contribution in [3.63, 3.8) is 0 Å². The number of carbonyl (C=O) groups excluding carboxylic acids is 2. The number of amides is 1. The number of ether oxygens (including phenoxy) is 3. The van der Waals surface area contributed by atoms with Crippen LogP contribution in [0.5, 0.6) is 17.2 Å². The van der Waals surface area contributed by atoms with Gasteiger partial charge in [-0.05, 0) is 47.5 Å². The lowest BCUT2D eigenvalue weighted by Gasteiger charge is -2.15. The van der Waals surface area contributed by atoms with Crippen molar-refractivity contribution in [2.45, 2.75) is 12.5 Å². The highest BCUT2D eigenvalue weighted by Crippen LogP contribution is 2.35. The van der Waals surface area contributed by atoms with Crippen molar-refractivity contribution in [1.82, 2.24) is 10.3 Å². The van der Waals surface area contributed by atoms with Crippen molar-refractivity contribution in [2.75, 3.05) is 13.7 Å². The SMILES string of the molecule is COc1cccc(C=C2Oc3cc(OCC(=O)N[C@@H](Cc4c[nH]c5ccccc45)C(=O)O)ccc3C2=O)c1. The van der Waals surface area contributed by atoms with E-state index >= 15 is 0 Å². The molecule has 192 valence electrons. The molecule has 0 bridgehead atoms.